The number of carbonyl (C=O) groups is 1. The van der Waals surface area contributed by atoms with E-state index in [-0.39, 0.29) is 4.90 Å². The summed E-state index contributed by atoms with van der Waals surface area (Å²) in [5, 5.41) is 0. The van der Waals surface area contributed by atoms with E-state index >= 15 is 0 Å². The molecule has 0 aliphatic rings. The minimum atomic E-state index is -3.85. The summed E-state index contributed by atoms with van der Waals surface area (Å²) in [6.45, 7) is 3.49. The first kappa shape index (κ1) is 17.0. The molecular weight excluding hydrogens is 312 g/mol. The maximum Gasteiger partial charge on any atom is 0.264 e. The summed E-state index contributed by atoms with van der Waals surface area (Å²) < 4.78 is 26.7. The van der Waals surface area contributed by atoms with Crippen molar-refractivity contribution >= 4 is 21.6 Å². The van der Waals surface area contributed by atoms with E-state index in [1.165, 1.54) is 12.1 Å². The number of hydrogen-bond donors (Lipinski definition) is 1. The molecular formula is C17H20N2O3S. The molecule has 2 aromatic carbocycles. The zero-order chi connectivity index (χ0) is 17.0. The molecule has 0 bridgehead atoms. The summed E-state index contributed by atoms with van der Waals surface area (Å²) in [7, 11) is -3.85. The molecule has 1 amide bonds. The molecule has 122 valence electrons. The number of rotatable bonds is 6. The molecule has 0 aliphatic heterocycles. The van der Waals surface area contributed by atoms with Crippen LogP contribution in [0.15, 0.2) is 53.4 Å². The van der Waals surface area contributed by atoms with Crippen molar-refractivity contribution in [1.82, 2.24) is 0 Å². The predicted octanol–water partition coefficient (Wildman–Crippen LogP) is 2.24. The average Bonchev–Trinajstić information content (AvgIpc) is 2.53. The summed E-state index contributed by atoms with van der Waals surface area (Å²) in [6.07, 6.45) is 0.848. The largest absolute Gasteiger partial charge is 0.368 e. The molecule has 2 N–H and O–H groups in total. The second kappa shape index (κ2) is 6.83. The van der Waals surface area contributed by atoms with Crippen molar-refractivity contribution in [3.8, 4) is 0 Å². The van der Waals surface area contributed by atoms with E-state index < -0.39 is 22.5 Å². The van der Waals surface area contributed by atoms with Gasteiger partial charge in [-0.1, -0.05) is 36.8 Å². The van der Waals surface area contributed by atoms with E-state index in [4.69, 9.17) is 5.73 Å². The third kappa shape index (κ3) is 3.90. The maximum atomic E-state index is 12.9. The smallest absolute Gasteiger partial charge is 0.264 e. The van der Waals surface area contributed by atoms with Crippen LogP contribution in [0.25, 0.3) is 0 Å². The first-order chi connectivity index (χ1) is 10.8. The van der Waals surface area contributed by atoms with E-state index in [1.54, 1.807) is 24.3 Å². The second-order valence-electron chi connectivity index (χ2n) is 5.31. The number of aryl methyl sites for hydroxylation is 2. The zero-order valence-electron chi connectivity index (χ0n) is 13.2. The Kier molecular flexibility index (Phi) is 5.05. The lowest BCUT2D eigenvalue weighted by atomic mass is 10.1. The molecule has 0 atom stereocenters. The summed E-state index contributed by atoms with van der Waals surface area (Å²) >= 11 is 0. The number of amides is 1. The highest BCUT2D eigenvalue weighted by atomic mass is 32.2. The summed E-state index contributed by atoms with van der Waals surface area (Å²) in [5.74, 6) is -0.708. The van der Waals surface area contributed by atoms with Crippen molar-refractivity contribution < 1.29 is 13.2 Å². The van der Waals surface area contributed by atoms with Gasteiger partial charge in [0.2, 0.25) is 5.91 Å². The third-order valence-electron chi connectivity index (χ3n) is 3.54. The second-order valence-corrected chi connectivity index (χ2v) is 7.17. The van der Waals surface area contributed by atoms with Gasteiger partial charge >= 0.3 is 0 Å². The highest BCUT2D eigenvalue weighted by Gasteiger charge is 2.26. The Hall–Kier alpha value is -2.34. The number of anilines is 1. The quantitative estimate of drug-likeness (QED) is 0.881. The van der Waals surface area contributed by atoms with E-state index in [0.29, 0.717) is 5.69 Å². The highest BCUT2D eigenvalue weighted by Crippen LogP contribution is 2.24. The molecule has 0 spiro atoms. The van der Waals surface area contributed by atoms with Gasteiger partial charge in [-0.05, 0) is 43.2 Å². The summed E-state index contributed by atoms with van der Waals surface area (Å²) in [6, 6.07) is 13.5. The van der Waals surface area contributed by atoms with E-state index in [9.17, 15) is 13.2 Å². The number of hydrogen-bond acceptors (Lipinski definition) is 3. The minimum absolute atomic E-state index is 0.129. The van der Waals surface area contributed by atoms with Crippen molar-refractivity contribution in [2.24, 2.45) is 5.73 Å². The Balaban J connectivity index is 2.48. The molecule has 23 heavy (non-hydrogen) atoms. The van der Waals surface area contributed by atoms with E-state index in [0.717, 1.165) is 21.9 Å². The molecule has 0 saturated heterocycles. The number of nitrogens with zero attached hydrogens (tertiary/aromatic N) is 1. The van der Waals surface area contributed by atoms with Crippen LogP contribution in [0.3, 0.4) is 0 Å². The van der Waals surface area contributed by atoms with Crippen LogP contribution in [0.2, 0.25) is 0 Å². The van der Waals surface area contributed by atoms with Crippen molar-refractivity contribution in [2.45, 2.75) is 25.2 Å². The lowest BCUT2D eigenvalue weighted by Gasteiger charge is -2.23. The molecule has 0 aliphatic carbocycles. The van der Waals surface area contributed by atoms with Gasteiger partial charge in [-0.3, -0.25) is 9.10 Å². The number of primary amides is 1. The molecule has 0 aromatic heterocycles. The van der Waals surface area contributed by atoms with Crippen molar-refractivity contribution in [2.75, 3.05) is 10.8 Å². The van der Waals surface area contributed by atoms with Crippen LogP contribution in [-0.4, -0.2) is 20.9 Å². The fourth-order valence-electron chi connectivity index (χ4n) is 2.19. The van der Waals surface area contributed by atoms with Crippen LogP contribution in [0.1, 0.15) is 18.1 Å². The standard InChI is InChI=1S/C17H20N2O3S/c1-3-14-6-8-15(9-7-14)19(12-17(18)20)23(21,22)16-10-4-13(2)5-11-16/h4-11H,3,12H2,1-2H3,(H2,18,20). The monoisotopic (exact) mass is 332 g/mol. The van der Waals surface area contributed by atoms with Gasteiger partial charge in [0.05, 0.1) is 10.6 Å². The van der Waals surface area contributed by atoms with Gasteiger partial charge in [-0.2, -0.15) is 0 Å². The van der Waals surface area contributed by atoms with Gasteiger partial charge in [0.1, 0.15) is 6.54 Å². The minimum Gasteiger partial charge on any atom is -0.368 e. The van der Waals surface area contributed by atoms with Gasteiger partial charge in [0.25, 0.3) is 10.0 Å². The van der Waals surface area contributed by atoms with Crippen molar-refractivity contribution in [3.63, 3.8) is 0 Å². The number of benzene rings is 2. The van der Waals surface area contributed by atoms with Crippen molar-refractivity contribution in [1.29, 1.82) is 0 Å². The highest BCUT2D eigenvalue weighted by molar-refractivity contribution is 7.92. The molecule has 0 unspecified atom stereocenters. The molecule has 0 saturated carbocycles. The topological polar surface area (TPSA) is 80.5 Å². The summed E-state index contributed by atoms with van der Waals surface area (Å²) in [5.41, 5.74) is 7.70. The Labute approximate surface area is 136 Å². The predicted molar refractivity (Wildman–Crippen MR) is 90.7 cm³/mol. The molecule has 6 heteroatoms. The number of sulfonamides is 1. The Morgan fingerprint density at radius 3 is 2.09 bits per heavy atom. The van der Waals surface area contributed by atoms with Crippen LogP contribution in [0.5, 0.6) is 0 Å². The van der Waals surface area contributed by atoms with E-state index in [2.05, 4.69) is 0 Å². The summed E-state index contributed by atoms with van der Waals surface area (Å²) in [4.78, 5) is 11.5. The fraction of sp³-hybridized carbons (Fsp3) is 0.235. The molecule has 2 rings (SSSR count). The lowest BCUT2D eigenvalue weighted by molar-refractivity contribution is -0.116. The van der Waals surface area contributed by atoms with E-state index in [1.807, 2.05) is 26.0 Å². The Bertz CT molecular complexity index is 782. The van der Waals surface area contributed by atoms with Gasteiger partial charge in [0, 0.05) is 0 Å². The number of nitrogens with two attached hydrogens (primary N) is 1. The zero-order valence-corrected chi connectivity index (χ0v) is 14.0. The maximum absolute atomic E-state index is 12.9. The van der Waals surface area contributed by atoms with Crippen LogP contribution in [0.4, 0.5) is 5.69 Å². The average molecular weight is 332 g/mol. The first-order valence-electron chi connectivity index (χ1n) is 7.31. The third-order valence-corrected chi connectivity index (χ3v) is 5.33. The van der Waals surface area contributed by atoms with Crippen LogP contribution in [-0.2, 0) is 21.2 Å². The molecule has 0 heterocycles. The first-order valence-corrected chi connectivity index (χ1v) is 8.75. The van der Waals surface area contributed by atoms with Crippen LogP contribution >= 0.6 is 0 Å². The molecule has 0 fully saturated rings. The van der Waals surface area contributed by atoms with Crippen molar-refractivity contribution in [3.05, 3.63) is 59.7 Å². The molecule has 2 aromatic rings. The fourth-order valence-corrected chi connectivity index (χ4v) is 3.62. The lowest BCUT2D eigenvalue weighted by Crippen LogP contribution is -2.38. The molecule has 5 nitrogen and oxygen atoms in total. The SMILES string of the molecule is CCc1ccc(N(CC(N)=O)S(=O)(=O)c2ccc(C)cc2)cc1. The normalized spacial score (nSPS) is 11.2. The van der Waals surface area contributed by atoms with Crippen LogP contribution < -0.4 is 10.0 Å². The molecule has 0 radical (unpaired) electrons. The Morgan fingerprint density at radius 2 is 1.61 bits per heavy atom. The van der Waals surface area contributed by atoms with Gasteiger partial charge < -0.3 is 5.73 Å². The van der Waals surface area contributed by atoms with Gasteiger partial charge in [-0.25, -0.2) is 8.42 Å². The Morgan fingerprint density at radius 1 is 1.04 bits per heavy atom. The number of carbonyl (C=O) groups excluding carboxylic acids is 1. The van der Waals surface area contributed by atoms with Gasteiger partial charge in [0.15, 0.2) is 0 Å². The van der Waals surface area contributed by atoms with Gasteiger partial charge in [-0.15, -0.1) is 0 Å². The van der Waals surface area contributed by atoms with Crippen LogP contribution in [0, 0.1) is 6.92 Å².